The van der Waals surface area contributed by atoms with E-state index < -0.39 is 10.0 Å². The maximum Gasteiger partial charge on any atom is 0.233 e. The standard InChI is InChI=1S/C10H14ClNO3S/c1-8(6-11)7-16(14,15)12-9-3-2-4-10(13)5-9/h2-5,8,12-13H,6-7H2,1H3. The summed E-state index contributed by atoms with van der Waals surface area (Å²) in [5.41, 5.74) is 0.349. The molecule has 0 aliphatic rings. The summed E-state index contributed by atoms with van der Waals surface area (Å²) in [6.07, 6.45) is 0. The number of alkyl halides is 1. The highest BCUT2D eigenvalue weighted by atomic mass is 35.5. The van der Waals surface area contributed by atoms with Crippen molar-refractivity contribution in [3.8, 4) is 5.75 Å². The van der Waals surface area contributed by atoms with Gasteiger partial charge in [-0.15, -0.1) is 11.6 Å². The number of aromatic hydroxyl groups is 1. The highest BCUT2D eigenvalue weighted by Crippen LogP contribution is 2.17. The van der Waals surface area contributed by atoms with Gasteiger partial charge in [0.15, 0.2) is 0 Å². The summed E-state index contributed by atoms with van der Waals surface area (Å²) < 4.78 is 25.6. The van der Waals surface area contributed by atoms with Crippen LogP contribution in [0.1, 0.15) is 6.92 Å². The third kappa shape index (κ3) is 4.28. The fourth-order valence-corrected chi connectivity index (χ4v) is 2.88. The number of phenols is 1. The smallest absolute Gasteiger partial charge is 0.233 e. The summed E-state index contributed by atoms with van der Waals surface area (Å²) >= 11 is 5.55. The van der Waals surface area contributed by atoms with E-state index in [0.717, 1.165) is 0 Å². The van der Waals surface area contributed by atoms with Crippen molar-refractivity contribution in [2.45, 2.75) is 6.92 Å². The summed E-state index contributed by atoms with van der Waals surface area (Å²) in [4.78, 5) is 0. The van der Waals surface area contributed by atoms with Crippen molar-refractivity contribution < 1.29 is 13.5 Å². The molecular weight excluding hydrogens is 250 g/mol. The summed E-state index contributed by atoms with van der Waals surface area (Å²) in [5.74, 6) is 0.162. The van der Waals surface area contributed by atoms with Gasteiger partial charge < -0.3 is 5.11 Å². The third-order valence-electron chi connectivity index (χ3n) is 1.89. The number of phenolic OH excluding ortho intramolecular Hbond substituents is 1. The van der Waals surface area contributed by atoms with Gasteiger partial charge in [-0.3, -0.25) is 4.72 Å². The Morgan fingerprint density at radius 2 is 2.19 bits per heavy atom. The van der Waals surface area contributed by atoms with E-state index in [9.17, 15) is 13.5 Å². The quantitative estimate of drug-likeness (QED) is 0.799. The van der Waals surface area contributed by atoms with Crippen LogP contribution in [0.25, 0.3) is 0 Å². The largest absolute Gasteiger partial charge is 0.508 e. The van der Waals surface area contributed by atoms with Gasteiger partial charge in [-0.1, -0.05) is 13.0 Å². The van der Waals surface area contributed by atoms with Crippen LogP contribution in [0.5, 0.6) is 5.75 Å². The van der Waals surface area contributed by atoms with E-state index >= 15 is 0 Å². The average Bonchev–Trinajstić information content (AvgIpc) is 2.15. The van der Waals surface area contributed by atoms with Crippen molar-refractivity contribution >= 4 is 27.3 Å². The lowest BCUT2D eigenvalue weighted by atomic mass is 10.3. The molecule has 90 valence electrons. The molecule has 0 amide bonds. The van der Waals surface area contributed by atoms with Crippen molar-refractivity contribution in [1.29, 1.82) is 0 Å². The molecule has 2 N–H and O–H groups in total. The van der Waals surface area contributed by atoms with Crippen LogP contribution in [0.2, 0.25) is 0 Å². The summed E-state index contributed by atoms with van der Waals surface area (Å²) in [5, 5.41) is 9.18. The molecule has 1 atom stereocenters. The number of anilines is 1. The number of rotatable bonds is 5. The van der Waals surface area contributed by atoms with Gasteiger partial charge in [0.05, 0.1) is 11.4 Å². The van der Waals surface area contributed by atoms with Crippen LogP contribution < -0.4 is 4.72 Å². The molecule has 1 aromatic rings. The lowest BCUT2D eigenvalue weighted by molar-refractivity contribution is 0.475. The Bertz CT molecular complexity index is 447. The number of halogens is 1. The van der Waals surface area contributed by atoms with Gasteiger partial charge in [-0.25, -0.2) is 8.42 Å². The molecule has 4 nitrogen and oxygen atoms in total. The predicted molar refractivity (Wildman–Crippen MR) is 65.4 cm³/mol. The Morgan fingerprint density at radius 1 is 1.50 bits per heavy atom. The number of nitrogens with one attached hydrogen (secondary N) is 1. The van der Waals surface area contributed by atoms with Crippen LogP contribution in [0.3, 0.4) is 0 Å². The van der Waals surface area contributed by atoms with Crippen molar-refractivity contribution in [2.24, 2.45) is 5.92 Å². The Hall–Kier alpha value is -0.940. The summed E-state index contributed by atoms with van der Waals surface area (Å²) in [6.45, 7) is 1.76. The van der Waals surface area contributed by atoms with E-state index in [1.807, 2.05) is 0 Å². The fraction of sp³-hybridized carbons (Fsp3) is 0.400. The normalized spacial score (nSPS) is 13.4. The Labute approximate surface area is 100 Å². The third-order valence-corrected chi connectivity index (χ3v) is 3.97. The number of sulfonamides is 1. The lowest BCUT2D eigenvalue weighted by Crippen LogP contribution is -2.22. The van der Waals surface area contributed by atoms with Gasteiger partial charge in [0, 0.05) is 11.9 Å². The van der Waals surface area contributed by atoms with Crippen LogP contribution in [0.4, 0.5) is 5.69 Å². The Balaban J connectivity index is 2.73. The zero-order valence-corrected chi connectivity index (χ0v) is 10.4. The maximum atomic E-state index is 11.6. The average molecular weight is 264 g/mol. The molecule has 1 rings (SSSR count). The van der Waals surface area contributed by atoms with Crippen molar-refractivity contribution in [3.05, 3.63) is 24.3 Å². The SMILES string of the molecule is CC(CCl)CS(=O)(=O)Nc1cccc(O)c1. The lowest BCUT2D eigenvalue weighted by Gasteiger charge is -2.11. The van der Waals surface area contributed by atoms with E-state index in [0.29, 0.717) is 11.6 Å². The van der Waals surface area contributed by atoms with Crippen molar-refractivity contribution in [2.75, 3.05) is 16.4 Å². The zero-order valence-electron chi connectivity index (χ0n) is 8.85. The first kappa shape index (κ1) is 13.1. The molecule has 0 heterocycles. The van der Waals surface area contributed by atoms with Gasteiger partial charge in [0.1, 0.15) is 5.75 Å². The summed E-state index contributed by atoms with van der Waals surface area (Å²) in [6, 6.07) is 5.96. The van der Waals surface area contributed by atoms with Crippen molar-refractivity contribution in [3.63, 3.8) is 0 Å². The van der Waals surface area contributed by atoms with Crippen LogP contribution >= 0.6 is 11.6 Å². The highest BCUT2D eigenvalue weighted by Gasteiger charge is 2.15. The molecule has 0 aliphatic heterocycles. The first-order valence-corrected chi connectivity index (χ1v) is 6.97. The number of hydrogen-bond donors (Lipinski definition) is 2. The maximum absolute atomic E-state index is 11.6. The topological polar surface area (TPSA) is 66.4 Å². The number of hydrogen-bond acceptors (Lipinski definition) is 3. The minimum atomic E-state index is -3.41. The Morgan fingerprint density at radius 3 is 2.75 bits per heavy atom. The van der Waals surface area contributed by atoms with E-state index in [2.05, 4.69) is 4.72 Å². The monoisotopic (exact) mass is 263 g/mol. The second-order valence-electron chi connectivity index (χ2n) is 3.69. The molecule has 16 heavy (non-hydrogen) atoms. The van der Waals surface area contributed by atoms with Crippen LogP contribution in [-0.2, 0) is 10.0 Å². The highest BCUT2D eigenvalue weighted by molar-refractivity contribution is 7.92. The second-order valence-corrected chi connectivity index (χ2v) is 5.77. The molecule has 0 radical (unpaired) electrons. The van der Waals surface area contributed by atoms with E-state index in [4.69, 9.17) is 11.6 Å². The van der Waals surface area contributed by atoms with Gasteiger partial charge >= 0.3 is 0 Å². The molecule has 0 aliphatic carbocycles. The fourth-order valence-electron chi connectivity index (χ4n) is 1.21. The van der Waals surface area contributed by atoms with Crippen LogP contribution in [0.15, 0.2) is 24.3 Å². The predicted octanol–water partition coefficient (Wildman–Crippen LogP) is 2.01. The second kappa shape index (κ2) is 5.41. The molecule has 1 aromatic carbocycles. The zero-order chi connectivity index (χ0) is 12.2. The molecule has 0 saturated heterocycles. The molecular formula is C10H14ClNO3S. The molecule has 0 fully saturated rings. The first-order chi connectivity index (χ1) is 7.43. The molecule has 0 bridgehead atoms. The minimum absolute atomic E-state index is 0.0191. The van der Waals surface area contributed by atoms with E-state index in [1.165, 1.54) is 12.1 Å². The minimum Gasteiger partial charge on any atom is -0.508 e. The first-order valence-electron chi connectivity index (χ1n) is 4.78. The molecule has 6 heteroatoms. The Kier molecular flexibility index (Phi) is 4.44. The van der Waals surface area contributed by atoms with Gasteiger partial charge in [0.2, 0.25) is 10.0 Å². The van der Waals surface area contributed by atoms with Gasteiger partial charge in [-0.05, 0) is 18.1 Å². The van der Waals surface area contributed by atoms with E-state index in [-0.39, 0.29) is 17.4 Å². The molecule has 0 saturated carbocycles. The van der Waals surface area contributed by atoms with E-state index in [1.54, 1.807) is 19.1 Å². The molecule has 0 spiro atoms. The number of benzene rings is 1. The van der Waals surface area contributed by atoms with Crippen LogP contribution in [0, 0.1) is 5.92 Å². The molecule has 1 unspecified atom stereocenters. The van der Waals surface area contributed by atoms with Crippen LogP contribution in [-0.4, -0.2) is 25.2 Å². The molecule has 0 aromatic heterocycles. The summed E-state index contributed by atoms with van der Waals surface area (Å²) in [7, 11) is -3.41. The van der Waals surface area contributed by atoms with Gasteiger partial charge in [-0.2, -0.15) is 0 Å². The van der Waals surface area contributed by atoms with Gasteiger partial charge in [0.25, 0.3) is 0 Å². The van der Waals surface area contributed by atoms with Crippen molar-refractivity contribution in [1.82, 2.24) is 0 Å².